The van der Waals surface area contributed by atoms with E-state index >= 15 is 0 Å². The molecule has 0 aliphatic heterocycles. The summed E-state index contributed by atoms with van der Waals surface area (Å²) in [6.45, 7) is 0. The van der Waals surface area contributed by atoms with E-state index in [1.165, 1.54) is 12.1 Å². The number of carboxylic acids is 1. The zero-order valence-corrected chi connectivity index (χ0v) is 16.0. The van der Waals surface area contributed by atoms with Crippen molar-refractivity contribution in [3.8, 4) is 0 Å². The average Bonchev–Trinajstić information content (AvgIpc) is 3.15. The molecule has 0 amide bonds. The lowest BCUT2D eigenvalue weighted by molar-refractivity contribution is -0.141. The Balaban J connectivity index is 1.81. The quantitative estimate of drug-likeness (QED) is 0.534. The second-order valence-corrected chi connectivity index (χ2v) is 7.60. The molecule has 10 heteroatoms. The first-order valence-electron chi connectivity index (χ1n) is 8.88. The lowest BCUT2D eigenvalue weighted by Crippen LogP contribution is -2.34. The highest BCUT2D eigenvalue weighted by Gasteiger charge is 2.34. The SMILES string of the molecule is CN(c1cc(C(F)(F)F)nc(SCc2ccc(C(=O)O)o2)n1)C1CCCCC1. The van der Waals surface area contributed by atoms with Gasteiger partial charge in [0.2, 0.25) is 5.76 Å². The number of anilines is 1. The highest BCUT2D eigenvalue weighted by Crippen LogP contribution is 2.33. The van der Waals surface area contributed by atoms with Crippen molar-refractivity contribution in [2.75, 3.05) is 11.9 Å². The van der Waals surface area contributed by atoms with Gasteiger partial charge >= 0.3 is 12.1 Å². The van der Waals surface area contributed by atoms with Crippen molar-refractivity contribution in [3.05, 3.63) is 35.4 Å². The Bertz CT molecular complexity index is 835. The molecule has 0 aromatic carbocycles. The molecule has 0 spiro atoms. The van der Waals surface area contributed by atoms with Crippen LogP contribution >= 0.6 is 11.8 Å². The van der Waals surface area contributed by atoms with E-state index in [0.29, 0.717) is 5.76 Å². The number of thioether (sulfide) groups is 1. The molecular formula is C18H20F3N3O3S. The maximum Gasteiger partial charge on any atom is 0.433 e. The summed E-state index contributed by atoms with van der Waals surface area (Å²) < 4.78 is 45.0. The van der Waals surface area contributed by atoms with Crippen LogP contribution in [0.1, 0.15) is 54.1 Å². The van der Waals surface area contributed by atoms with Crippen LogP contribution in [0.4, 0.5) is 19.0 Å². The third kappa shape index (κ3) is 4.98. The first kappa shape index (κ1) is 20.5. The Morgan fingerprint density at radius 1 is 1.29 bits per heavy atom. The predicted octanol–water partition coefficient (Wildman–Crippen LogP) is 4.85. The topological polar surface area (TPSA) is 79.5 Å². The van der Waals surface area contributed by atoms with E-state index in [9.17, 15) is 18.0 Å². The fourth-order valence-corrected chi connectivity index (χ4v) is 3.91. The number of carboxylic acid groups (broad SMARTS) is 1. The van der Waals surface area contributed by atoms with Crippen LogP contribution in [0.25, 0.3) is 0 Å². The number of hydrogen-bond acceptors (Lipinski definition) is 6. The third-order valence-corrected chi connectivity index (χ3v) is 5.55. The molecular weight excluding hydrogens is 395 g/mol. The van der Waals surface area contributed by atoms with Gasteiger partial charge in [-0.2, -0.15) is 13.2 Å². The molecule has 1 N–H and O–H groups in total. The van der Waals surface area contributed by atoms with E-state index in [4.69, 9.17) is 9.52 Å². The second-order valence-electron chi connectivity index (χ2n) is 6.65. The average molecular weight is 415 g/mol. The van der Waals surface area contributed by atoms with Gasteiger partial charge in [0, 0.05) is 19.2 Å². The fourth-order valence-electron chi connectivity index (χ4n) is 3.16. The lowest BCUT2D eigenvalue weighted by Gasteiger charge is -2.32. The highest BCUT2D eigenvalue weighted by molar-refractivity contribution is 7.98. The fraction of sp³-hybridized carbons (Fsp3) is 0.500. The molecule has 2 aromatic rings. The summed E-state index contributed by atoms with van der Waals surface area (Å²) in [6.07, 6.45) is 0.520. The zero-order valence-electron chi connectivity index (χ0n) is 15.2. The third-order valence-electron chi connectivity index (χ3n) is 4.68. The number of halogens is 3. The molecule has 3 rings (SSSR count). The summed E-state index contributed by atoms with van der Waals surface area (Å²) in [7, 11) is 1.76. The van der Waals surface area contributed by atoms with Crippen LogP contribution < -0.4 is 4.90 Å². The van der Waals surface area contributed by atoms with Gasteiger partial charge in [-0.25, -0.2) is 14.8 Å². The van der Waals surface area contributed by atoms with Crippen molar-refractivity contribution in [2.45, 2.75) is 55.2 Å². The number of hydrogen-bond donors (Lipinski definition) is 1. The van der Waals surface area contributed by atoms with Gasteiger partial charge in [0.15, 0.2) is 10.9 Å². The maximum atomic E-state index is 13.3. The number of aromatic carboxylic acids is 1. The minimum atomic E-state index is -4.58. The number of carbonyl (C=O) groups is 1. The van der Waals surface area contributed by atoms with Crippen LogP contribution in [-0.4, -0.2) is 34.1 Å². The Morgan fingerprint density at radius 3 is 2.61 bits per heavy atom. The Kier molecular flexibility index (Phi) is 6.17. The van der Waals surface area contributed by atoms with Gasteiger partial charge in [0.1, 0.15) is 11.6 Å². The normalized spacial score (nSPS) is 15.6. The molecule has 1 saturated carbocycles. The number of aromatic nitrogens is 2. The van der Waals surface area contributed by atoms with Gasteiger partial charge in [-0.1, -0.05) is 31.0 Å². The van der Waals surface area contributed by atoms with Crippen molar-refractivity contribution >= 4 is 23.5 Å². The Morgan fingerprint density at radius 2 is 2.00 bits per heavy atom. The Labute approximate surface area is 164 Å². The Hall–Kier alpha value is -2.23. The van der Waals surface area contributed by atoms with E-state index < -0.39 is 17.8 Å². The number of rotatable bonds is 6. The predicted molar refractivity (Wildman–Crippen MR) is 97.5 cm³/mol. The van der Waals surface area contributed by atoms with Gasteiger partial charge in [0.25, 0.3) is 0 Å². The molecule has 2 heterocycles. The van der Waals surface area contributed by atoms with E-state index in [1.807, 2.05) is 0 Å². The van der Waals surface area contributed by atoms with Crippen LogP contribution in [-0.2, 0) is 11.9 Å². The summed E-state index contributed by atoms with van der Waals surface area (Å²) >= 11 is 0.972. The molecule has 2 aromatic heterocycles. The van der Waals surface area contributed by atoms with E-state index in [1.54, 1.807) is 11.9 Å². The molecule has 0 unspecified atom stereocenters. The van der Waals surface area contributed by atoms with Crippen molar-refractivity contribution in [1.82, 2.24) is 9.97 Å². The summed E-state index contributed by atoms with van der Waals surface area (Å²) in [4.78, 5) is 20.6. The number of alkyl halides is 3. The van der Waals surface area contributed by atoms with Crippen LogP contribution in [0.2, 0.25) is 0 Å². The molecule has 0 atom stereocenters. The number of nitrogens with zero attached hydrogens (tertiary/aromatic N) is 3. The maximum absolute atomic E-state index is 13.3. The summed E-state index contributed by atoms with van der Waals surface area (Å²) in [5.74, 6) is -0.740. The monoisotopic (exact) mass is 415 g/mol. The molecule has 1 aliphatic carbocycles. The molecule has 28 heavy (non-hydrogen) atoms. The second kappa shape index (κ2) is 8.42. The van der Waals surface area contributed by atoms with Gasteiger partial charge in [-0.3, -0.25) is 0 Å². The molecule has 0 radical (unpaired) electrons. The zero-order chi connectivity index (χ0) is 20.3. The van der Waals surface area contributed by atoms with Crippen molar-refractivity contribution in [1.29, 1.82) is 0 Å². The van der Waals surface area contributed by atoms with Crippen LogP contribution in [0.3, 0.4) is 0 Å². The smallest absolute Gasteiger partial charge is 0.433 e. The van der Waals surface area contributed by atoms with Crippen LogP contribution in [0.5, 0.6) is 0 Å². The molecule has 1 aliphatic rings. The first-order valence-corrected chi connectivity index (χ1v) is 9.86. The van der Waals surface area contributed by atoms with Crippen LogP contribution in [0.15, 0.2) is 27.8 Å². The minimum absolute atomic E-state index is 0.0271. The first-order chi connectivity index (χ1) is 13.2. The standard InChI is InChI=1S/C18H20F3N3O3S/c1-24(11-5-3-2-4-6-11)15-9-14(18(19,20)21)22-17(23-15)28-10-12-7-8-13(27-12)16(25)26/h7-9,11H,2-6,10H2,1H3,(H,25,26). The largest absolute Gasteiger partial charge is 0.475 e. The van der Waals surface area contributed by atoms with Crippen LogP contribution in [0, 0.1) is 0 Å². The highest BCUT2D eigenvalue weighted by atomic mass is 32.2. The minimum Gasteiger partial charge on any atom is -0.475 e. The van der Waals surface area contributed by atoms with E-state index in [-0.39, 0.29) is 28.5 Å². The lowest BCUT2D eigenvalue weighted by atomic mass is 9.94. The van der Waals surface area contributed by atoms with Gasteiger partial charge < -0.3 is 14.4 Å². The van der Waals surface area contributed by atoms with E-state index in [0.717, 1.165) is 49.9 Å². The van der Waals surface area contributed by atoms with Crippen molar-refractivity contribution in [3.63, 3.8) is 0 Å². The molecule has 6 nitrogen and oxygen atoms in total. The summed E-state index contributed by atoms with van der Waals surface area (Å²) in [5.41, 5.74) is -0.992. The van der Waals surface area contributed by atoms with Crippen molar-refractivity contribution in [2.24, 2.45) is 0 Å². The summed E-state index contributed by atoms with van der Waals surface area (Å²) in [5, 5.41) is 8.85. The van der Waals surface area contributed by atoms with Gasteiger partial charge in [-0.15, -0.1) is 0 Å². The molecule has 0 bridgehead atoms. The van der Waals surface area contributed by atoms with Gasteiger partial charge in [-0.05, 0) is 25.0 Å². The number of furan rings is 1. The molecule has 0 saturated heterocycles. The van der Waals surface area contributed by atoms with Gasteiger partial charge in [0.05, 0.1) is 5.75 Å². The van der Waals surface area contributed by atoms with E-state index in [2.05, 4.69) is 9.97 Å². The molecule has 1 fully saturated rings. The molecule has 152 valence electrons. The summed E-state index contributed by atoms with van der Waals surface area (Å²) in [6, 6.07) is 3.91. The van der Waals surface area contributed by atoms with Crippen molar-refractivity contribution < 1.29 is 27.5 Å².